The van der Waals surface area contributed by atoms with Gasteiger partial charge in [0.2, 0.25) is 0 Å². The number of hydrogen-bond donors (Lipinski definition) is 0. The quantitative estimate of drug-likeness (QED) is 0.438. The number of hydroxylamine groups is 4. The first-order valence-corrected chi connectivity index (χ1v) is 5.19. The highest BCUT2D eigenvalue weighted by molar-refractivity contribution is 7.85. The molecule has 1 aliphatic rings. The van der Waals surface area contributed by atoms with Gasteiger partial charge >= 0.3 is 16.0 Å². The number of carbonyl (C=O) groups is 1. The summed E-state index contributed by atoms with van der Waals surface area (Å²) in [6.45, 7) is -0.119. The minimum Gasteiger partial charge on any atom is -0.590 e. The summed E-state index contributed by atoms with van der Waals surface area (Å²) < 4.78 is 25.2. The van der Waals surface area contributed by atoms with Crippen molar-refractivity contribution in [3.63, 3.8) is 0 Å². The highest BCUT2D eigenvalue weighted by Crippen LogP contribution is 2.21. The summed E-state index contributed by atoms with van der Waals surface area (Å²) in [5.74, 6) is -0.736. The van der Waals surface area contributed by atoms with E-state index in [2.05, 4.69) is 4.28 Å². The van der Waals surface area contributed by atoms with Gasteiger partial charge in [0.15, 0.2) is 0 Å². The topological polar surface area (TPSA) is 83.5 Å². The van der Waals surface area contributed by atoms with Crippen LogP contribution in [0, 0.1) is 5.21 Å². The molecule has 1 fully saturated rings. The lowest BCUT2D eigenvalue weighted by molar-refractivity contribution is -0.968. The zero-order chi connectivity index (χ0) is 9.41. The number of amides is 1. The van der Waals surface area contributed by atoms with Crippen LogP contribution in [0.5, 0.6) is 0 Å². The van der Waals surface area contributed by atoms with E-state index in [4.69, 9.17) is 0 Å². The SMILES string of the molecule is CS(=O)(=O)O[N+]1([O-])CCCC1=O. The molecule has 0 N–H and O–H groups in total. The van der Waals surface area contributed by atoms with Crippen LogP contribution in [0.15, 0.2) is 0 Å². The van der Waals surface area contributed by atoms with Crippen LogP contribution in [0.1, 0.15) is 12.8 Å². The maximum atomic E-state index is 11.2. The van der Waals surface area contributed by atoms with Crippen molar-refractivity contribution in [2.45, 2.75) is 12.8 Å². The second-order valence-corrected chi connectivity index (χ2v) is 4.23. The summed E-state index contributed by atoms with van der Waals surface area (Å²) in [4.78, 5) is 9.16. The third kappa shape index (κ3) is 2.01. The molecular weight excluding hydrogens is 186 g/mol. The zero-order valence-corrected chi connectivity index (χ0v) is 7.33. The smallest absolute Gasteiger partial charge is 0.347 e. The molecule has 0 aromatic carbocycles. The van der Waals surface area contributed by atoms with Crippen molar-refractivity contribution in [2.24, 2.45) is 0 Å². The molecule has 0 aromatic rings. The molecule has 0 aromatic heterocycles. The Balaban J connectivity index is 2.80. The first-order valence-electron chi connectivity index (χ1n) is 3.37. The lowest BCUT2D eigenvalue weighted by Crippen LogP contribution is -2.44. The lowest BCUT2D eigenvalue weighted by atomic mass is 10.4. The third-order valence-corrected chi connectivity index (χ3v) is 1.99. The third-order valence-electron chi connectivity index (χ3n) is 1.48. The second kappa shape index (κ2) is 2.77. The van der Waals surface area contributed by atoms with Crippen molar-refractivity contribution < 1.29 is 22.3 Å². The predicted molar refractivity (Wildman–Crippen MR) is 38.7 cm³/mol. The minimum absolute atomic E-state index is 0.0824. The van der Waals surface area contributed by atoms with Gasteiger partial charge in [0.25, 0.3) is 0 Å². The van der Waals surface area contributed by atoms with Crippen LogP contribution in [0.4, 0.5) is 0 Å². The standard InChI is InChI=1S/C5H9NO5S/c1-12(9,10)11-6(8)4-2-3-5(6)7/h2-4H2,1H3. The van der Waals surface area contributed by atoms with Crippen LogP contribution in [-0.4, -0.2) is 31.9 Å². The molecule has 0 aliphatic carbocycles. The number of hydrogen-bond acceptors (Lipinski definition) is 5. The molecule has 1 amide bonds. The van der Waals surface area contributed by atoms with Crippen molar-refractivity contribution in [3.05, 3.63) is 5.21 Å². The molecule has 1 atom stereocenters. The highest BCUT2D eigenvalue weighted by atomic mass is 32.2. The van der Waals surface area contributed by atoms with E-state index in [0.717, 1.165) is 6.26 Å². The summed E-state index contributed by atoms with van der Waals surface area (Å²) in [6, 6.07) is 0. The molecule has 6 nitrogen and oxygen atoms in total. The number of carbonyl (C=O) groups excluding carboxylic acids is 1. The van der Waals surface area contributed by atoms with Crippen LogP contribution < -0.4 is 0 Å². The Morgan fingerprint density at radius 1 is 1.58 bits per heavy atom. The summed E-state index contributed by atoms with van der Waals surface area (Å²) in [6.07, 6.45) is 1.20. The molecule has 1 aliphatic heterocycles. The summed E-state index contributed by atoms with van der Waals surface area (Å²) >= 11 is 0. The van der Waals surface area contributed by atoms with Gasteiger partial charge in [0, 0.05) is 6.42 Å². The lowest BCUT2D eigenvalue weighted by Gasteiger charge is -2.28. The largest absolute Gasteiger partial charge is 0.590 e. The summed E-state index contributed by atoms with van der Waals surface area (Å²) in [7, 11) is -3.86. The minimum atomic E-state index is -3.86. The van der Waals surface area contributed by atoms with Crippen LogP contribution in [0.2, 0.25) is 0 Å². The van der Waals surface area contributed by atoms with Gasteiger partial charge in [-0.1, -0.05) is 4.28 Å². The van der Waals surface area contributed by atoms with E-state index in [1.807, 2.05) is 0 Å². The summed E-state index contributed by atoms with van der Waals surface area (Å²) in [5.41, 5.74) is 0. The number of nitrogens with zero attached hydrogens (tertiary/aromatic N) is 1. The Hall–Kier alpha value is -0.500. The molecule has 0 radical (unpaired) electrons. The molecule has 0 bridgehead atoms. The number of quaternary nitrogens is 1. The van der Waals surface area contributed by atoms with Crippen molar-refractivity contribution in [1.82, 2.24) is 0 Å². The average molecular weight is 195 g/mol. The molecule has 12 heavy (non-hydrogen) atoms. The molecule has 70 valence electrons. The Bertz CT molecular complexity index is 297. The van der Waals surface area contributed by atoms with Crippen LogP contribution in [-0.2, 0) is 19.2 Å². The first kappa shape index (κ1) is 9.59. The van der Waals surface area contributed by atoms with Crippen molar-refractivity contribution >= 4 is 16.0 Å². The van der Waals surface area contributed by atoms with Gasteiger partial charge in [-0.15, -0.1) is 4.81 Å². The Morgan fingerprint density at radius 2 is 2.17 bits per heavy atom. The molecule has 0 saturated carbocycles. The van der Waals surface area contributed by atoms with Crippen LogP contribution >= 0.6 is 0 Å². The van der Waals surface area contributed by atoms with E-state index in [1.54, 1.807) is 0 Å². The highest BCUT2D eigenvalue weighted by Gasteiger charge is 2.39. The van der Waals surface area contributed by atoms with Gasteiger partial charge < -0.3 is 5.21 Å². The molecule has 1 saturated heterocycles. The van der Waals surface area contributed by atoms with E-state index >= 15 is 0 Å². The maximum Gasteiger partial charge on any atom is 0.347 e. The van der Waals surface area contributed by atoms with Gasteiger partial charge in [-0.2, -0.15) is 8.42 Å². The van der Waals surface area contributed by atoms with Crippen molar-refractivity contribution in [3.8, 4) is 0 Å². The molecule has 7 heteroatoms. The fraction of sp³-hybridized carbons (Fsp3) is 0.800. The van der Waals surface area contributed by atoms with E-state index in [9.17, 15) is 18.4 Å². The van der Waals surface area contributed by atoms with Gasteiger partial charge in [0.05, 0.1) is 12.7 Å². The maximum absolute atomic E-state index is 11.2. The van der Waals surface area contributed by atoms with Gasteiger partial charge in [-0.05, 0) is 0 Å². The van der Waals surface area contributed by atoms with Gasteiger partial charge in [0.1, 0.15) is 6.54 Å². The van der Waals surface area contributed by atoms with Crippen molar-refractivity contribution in [1.29, 1.82) is 0 Å². The van der Waals surface area contributed by atoms with Gasteiger partial charge in [-0.25, -0.2) is 4.79 Å². The first-order chi connectivity index (χ1) is 5.33. The Kier molecular flexibility index (Phi) is 2.21. The fourth-order valence-electron chi connectivity index (χ4n) is 1.03. The Labute approximate surface area is 70.0 Å². The van der Waals surface area contributed by atoms with Gasteiger partial charge in [-0.3, -0.25) is 0 Å². The predicted octanol–water partition coefficient (Wildman–Crippen LogP) is -0.487. The Morgan fingerprint density at radius 3 is 2.50 bits per heavy atom. The summed E-state index contributed by atoms with van der Waals surface area (Å²) in [5, 5.41) is 11.2. The normalized spacial score (nSPS) is 31.0. The van der Waals surface area contributed by atoms with E-state index < -0.39 is 20.8 Å². The zero-order valence-electron chi connectivity index (χ0n) is 6.52. The van der Waals surface area contributed by atoms with Crippen molar-refractivity contribution in [2.75, 3.05) is 12.8 Å². The molecule has 0 spiro atoms. The van der Waals surface area contributed by atoms with Crippen LogP contribution in [0.3, 0.4) is 0 Å². The van der Waals surface area contributed by atoms with E-state index in [0.29, 0.717) is 6.42 Å². The van der Waals surface area contributed by atoms with E-state index in [-0.39, 0.29) is 13.0 Å². The second-order valence-electron chi connectivity index (χ2n) is 2.67. The van der Waals surface area contributed by atoms with Crippen LogP contribution in [0.25, 0.3) is 0 Å². The van der Waals surface area contributed by atoms with E-state index in [1.165, 1.54) is 0 Å². The number of rotatable bonds is 2. The molecule has 1 unspecified atom stereocenters. The molecule has 1 rings (SSSR count). The molecular formula is C5H9NO5S. The monoisotopic (exact) mass is 195 g/mol. The fourth-order valence-corrected chi connectivity index (χ4v) is 1.63. The average Bonchev–Trinajstić information content (AvgIpc) is 2.08. The molecule has 1 heterocycles.